The van der Waals surface area contributed by atoms with E-state index < -0.39 is 0 Å². The Balaban J connectivity index is 1.74. The zero-order valence-electron chi connectivity index (χ0n) is 16.0. The zero-order valence-corrected chi connectivity index (χ0v) is 16.0. The van der Waals surface area contributed by atoms with E-state index in [9.17, 15) is 14.7 Å². The molecule has 2 aliphatic rings. The van der Waals surface area contributed by atoms with Crippen LogP contribution in [0.3, 0.4) is 0 Å². The Kier molecular flexibility index (Phi) is 5.54. The van der Waals surface area contributed by atoms with Crippen LogP contribution in [0.25, 0.3) is 0 Å². The topological polar surface area (TPSA) is 60.9 Å². The second-order valence-electron chi connectivity index (χ2n) is 8.02. The number of nitrogens with zero attached hydrogens (tertiary/aromatic N) is 2. The van der Waals surface area contributed by atoms with Gasteiger partial charge < -0.3 is 14.9 Å². The van der Waals surface area contributed by atoms with Crippen LogP contribution in [-0.2, 0) is 4.79 Å². The Morgan fingerprint density at radius 2 is 2.08 bits per heavy atom. The molecule has 1 N–H and O–H groups in total. The lowest BCUT2D eigenvalue weighted by Gasteiger charge is -2.48. The molecule has 0 radical (unpaired) electrons. The van der Waals surface area contributed by atoms with E-state index in [2.05, 4.69) is 6.92 Å². The van der Waals surface area contributed by atoms with Crippen molar-refractivity contribution < 1.29 is 14.7 Å². The molecule has 0 bridgehead atoms. The summed E-state index contributed by atoms with van der Waals surface area (Å²) >= 11 is 0. The van der Waals surface area contributed by atoms with E-state index in [0.717, 1.165) is 57.3 Å². The van der Waals surface area contributed by atoms with E-state index in [1.165, 1.54) is 0 Å². The van der Waals surface area contributed by atoms with Crippen LogP contribution in [0, 0.1) is 12.3 Å². The Morgan fingerprint density at radius 3 is 2.81 bits per heavy atom. The quantitative estimate of drug-likeness (QED) is 0.898. The van der Waals surface area contributed by atoms with Crippen LogP contribution in [0.5, 0.6) is 5.75 Å². The fourth-order valence-electron chi connectivity index (χ4n) is 4.36. The summed E-state index contributed by atoms with van der Waals surface area (Å²) in [5, 5.41) is 10.2. The minimum absolute atomic E-state index is 0.00980. The van der Waals surface area contributed by atoms with E-state index >= 15 is 0 Å². The van der Waals surface area contributed by atoms with E-state index in [-0.39, 0.29) is 23.0 Å². The van der Waals surface area contributed by atoms with Gasteiger partial charge in [-0.1, -0.05) is 19.4 Å². The van der Waals surface area contributed by atoms with Crippen molar-refractivity contribution in [3.05, 3.63) is 29.3 Å². The number of unbranched alkanes of at least 4 members (excludes halogenated alkanes) is 1. The number of phenols is 1. The summed E-state index contributed by atoms with van der Waals surface area (Å²) in [6, 6.07) is 5.21. The molecule has 1 unspecified atom stereocenters. The number of phenolic OH excluding ortho intramolecular Hbond substituents is 1. The molecule has 2 heterocycles. The first kappa shape index (κ1) is 18.7. The number of hydrogen-bond donors (Lipinski definition) is 1. The van der Waals surface area contributed by atoms with Crippen molar-refractivity contribution in [3.8, 4) is 5.75 Å². The molecular weight excluding hydrogens is 328 g/mol. The maximum atomic E-state index is 13.0. The molecule has 142 valence electrons. The van der Waals surface area contributed by atoms with Crippen molar-refractivity contribution in [2.75, 3.05) is 26.2 Å². The van der Waals surface area contributed by atoms with Crippen molar-refractivity contribution in [2.24, 2.45) is 5.41 Å². The smallest absolute Gasteiger partial charge is 0.257 e. The van der Waals surface area contributed by atoms with Crippen LogP contribution in [0.15, 0.2) is 18.2 Å². The Hall–Kier alpha value is -2.04. The first-order chi connectivity index (χ1) is 12.4. The van der Waals surface area contributed by atoms with Gasteiger partial charge in [-0.3, -0.25) is 9.59 Å². The molecule has 3 rings (SSSR count). The largest absolute Gasteiger partial charge is 0.507 e. The van der Waals surface area contributed by atoms with Gasteiger partial charge in [0.05, 0.1) is 5.56 Å². The molecule has 0 aromatic heterocycles. The van der Waals surface area contributed by atoms with Gasteiger partial charge in [0.25, 0.3) is 5.91 Å². The standard InChI is InChI=1S/C21H30N2O3/c1-3-4-11-22-14-21(10-8-19(22)25)9-5-12-23(15-21)20(26)17-7-6-16(2)13-18(17)24/h6-7,13,24H,3-5,8-12,14-15H2,1-2H3. The summed E-state index contributed by atoms with van der Waals surface area (Å²) in [5.74, 6) is 0.209. The number of carbonyl (C=O) groups excluding carboxylic acids is 2. The second-order valence-corrected chi connectivity index (χ2v) is 8.02. The number of aryl methyl sites for hydroxylation is 1. The SMILES string of the molecule is CCCCN1CC2(CCCN(C(=O)c3ccc(C)cc3O)C2)CCC1=O. The molecule has 1 atom stereocenters. The van der Waals surface area contributed by atoms with Gasteiger partial charge in [-0.15, -0.1) is 0 Å². The summed E-state index contributed by atoms with van der Waals surface area (Å²) in [6.45, 7) is 7.01. The fraction of sp³-hybridized carbons (Fsp3) is 0.619. The van der Waals surface area contributed by atoms with Crippen LogP contribution >= 0.6 is 0 Å². The number of rotatable bonds is 4. The Labute approximate surface area is 156 Å². The van der Waals surface area contributed by atoms with Crippen LogP contribution < -0.4 is 0 Å². The molecule has 5 nitrogen and oxygen atoms in total. The summed E-state index contributed by atoms with van der Waals surface area (Å²) in [4.78, 5) is 29.1. The highest BCUT2D eigenvalue weighted by molar-refractivity contribution is 5.97. The third-order valence-electron chi connectivity index (χ3n) is 5.86. The molecule has 2 fully saturated rings. The molecule has 5 heteroatoms. The van der Waals surface area contributed by atoms with Gasteiger partial charge in [0.2, 0.25) is 5.91 Å². The molecule has 2 amide bonds. The average Bonchev–Trinajstić information content (AvgIpc) is 2.62. The van der Waals surface area contributed by atoms with Crippen LogP contribution in [0.1, 0.15) is 61.4 Å². The molecule has 1 aromatic rings. The van der Waals surface area contributed by atoms with Crippen molar-refractivity contribution in [2.45, 2.75) is 52.4 Å². The minimum atomic E-state index is -0.0985. The maximum Gasteiger partial charge on any atom is 0.257 e. The number of benzene rings is 1. The molecular formula is C21H30N2O3. The van der Waals surface area contributed by atoms with E-state index in [0.29, 0.717) is 18.5 Å². The highest BCUT2D eigenvalue weighted by atomic mass is 16.3. The molecule has 1 aromatic carbocycles. The lowest BCUT2D eigenvalue weighted by molar-refractivity contribution is -0.139. The van der Waals surface area contributed by atoms with E-state index in [1.54, 1.807) is 12.1 Å². The second kappa shape index (κ2) is 7.68. The fourth-order valence-corrected chi connectivity index (χ4v) is 4.36. The third-order valence-corrected chi connectivity index (χ3v) is 5.86. The van der Waals surface area contributed by atoms with Gasteiger partial charge >= 0.3 is 0 Å². The predicted molar refractivity (Wildman–Crippen MR) is 101 cm³/mol. The van der Waals surface area contributed by atoms with E-state index in [1.807, 2.05) is 22.8 Å². The van der Waals surface area contributed by atoms with Crippen LogP contribution in [0.2, 0.25) is 0 Å². The number of aromatic hydroxyl groups is 1. The van der Waals surface area contributed by atoms with Crippen molar-refractivity contribution in [1.29, 1.82) is 0 Å². The van der Waals surface area contributed by atoms with Crippen LogP contribution in [-0.4, -0.2) is 52.9 Å². The molecule has 2 saturated heterocycles. The van der Waals surface area contributed by atoms with Gasteiger partial charge in [0, 0.05) is 38.0 Å². The van der Waals surface area contributed by atoms with Gasteiger partial charge in [-0.05, 0) is 50.3 Å². The lowest BCUT2D eigenvalue weighted by Crippen LogP contribution is -2.55. The molecule has 2 aliphatic heterocycles. The highest BCUT2D eigenvalue weighted by Crippen LogP contribution is 2.39. The normalized spacial score (nSPS) is 23.5. The predicted octanol–water partition coefficient (Wildman–Crippen LogP) is 3.35. The molecule has 0 aliphatic carbocycles. The first-order valence-electron chi connectivity index (χ1n) is 9.81. The monoisotopic (exact) mass is 358 g/mol. The molecule has 1 spiro atoms. The Bertz CT molecular complexity index is 688. The van der Waals surface area contributed by atoms with Gasteiger partial charge in [-0.2, -0.15) is 0 Å². The van der Waals surface area contributed by atoms with Crippen molar-refractivity contribution in [1.82, 2.24) is 9.80 Å². The summed E-state index contributed by atoms with van der Waals surface area (Å²) < 4.78 is 0. The highest BCUT2D eigenvalue weighted by Gasteiger charge is 2.42. The van der Waals surface area contributed by atoms with E-state index in [4.69, 9.17) is 0 Å². The summed E-state index contributed by atoms with van der Waals surface area (Å²) in [6.07, 6.45) is 5.57. The minimum Gasteiger partial charge on any atom is -0.507 e. The molecule has 26 heavy (non-hydrogen) atoms. The van der Waals surface area contributed by atoms with Gasteiger partial charge in [0.1, 0.15) is 5.75 Å². The average molecular weight is 358 g/mol. The maximum absolute atomic E-state index is 13.0. The third kappa shape index (κ3) is 3.87. The Morgan fingerprint density at radius 1 is 1.27 bits per heavy atom. The molecule has 0 saturated carbocycles. The zero-order chi connectivity index (χ0) is 18.7. The number of carbonyl (C=O) groups is 2. The number of likely N-dealkylation sites (tertiary alicyclic amines) is 2. The van der Waals surface area contributed by atoms with Gasteiger partial charge in [-0.25, -0.2) is 0 Å². The number of hydrogen-bond acceptors (Lipinski definition) is 3. The number of amides is 2. The summed E-state index contributed by atoms with van der Waals surface area (Å²) in [5.41, 5.74) is 1.32. The van der Waals surface area contributed by atoms with Crippen molar-refractivity contribution in [3.63, 3.8) is 0 Å². The van der Waals surface area contributed by atoms with Crippen molar-refractivity contribution >= 4 is 11.8 Å². The van der Waals surface area contributed by atoms with Crippen LogP contribution in [0.4, 0.5) is 0 Å². The summed E-state index contributed by atoms with van der Waals surface area (Å²) in [7, 11) is 0. The number of piperidine rings is 2. The van der Waals surface area contributed by atoms with Gasteiger partial charge in [0.15, 0.2) is 0 Å². The lowest BCUT2D eigenvalue weighted by atomic mass is 9.73. The first-order valence-corrected chi connectivity index (χ1v) is 9.81.